The molecular weight excluding hydrogens is 345 g/mol. The second-order valence-electron chi connectivity index (χ2n) is 5.40. The molecule has 1 amide bonds. The lowest BCUT2D eigenvalue weighted by atomic mass is 10.2. The third kappa shape index (κ3) is 3.78. The van der Waals surface area contributed by atoms with Gasteiger partial charge in [0.05, 0.1) is 22.3 Å². The number of amides is 1. The Kier molecular flexibility index (Phi) is 4.88. The first-order valence-corrected chi connectivity index (χ1v) is 8.13. The molecule has 0 fully saturated rings. The van der Waals surface area contributed by atoms with Crippen LogP contribution >= 0.6 is 23.2 Å². The molecule has 0 unspecified atom stereocenters. The zero-order valence-corrected chi connectivity index (χ0v) is 14.5. The molecule has 1 heterocycles. The molecule has 0 radical (unpaired) electrons. The molecule has 3 rings (SSSR count). The molecule has 1 aromatic heterocycles. The zero-order valence-electron chi connectivity index (χ0n) is 13.0. The molecule has 0 bridgehead atoms. The molecule has 4 nitrogen and oxygen atoms in total. The average molecular weight is 360 g/mol. The molecule has 0 atom stereocenters. The minimum Gasteiger partial charge on any atom is -0.307 e. The Balaban J connectivity index is 1.82. The molecule has 24 heavy (non-hydrogen) atoms. The summed E-state index contributed by atoms with van der Waals surface area (Å²) in [6.45, 7) is 2.46. The van der Waals surface area contributed by atoms with Crippen molar-refractivity contribution in [2.75, 3.05) is 5.32 Å². The van der Waals surface area contributed by atoms with Gasteiger partial charge in [-0.15, -0.1) is 0 Å². The summed E-state index contributed by atoms with van der Waals surface area (Å²) in [5, 5.41) is 8.07. The van der Waals surface area contributed by atoms with Gasteiger partial charge in [0.25, 0.3) is 5.91 Å². The van der Waals surface area contributed by atoms with Crippen LogP contribution in [-0.4, -0.2) is 15.7 Å². The van der Waals surface area contributed by atoms with E-state index in [-0.39, 0.29) is 5.91 Å². The number of aromatic nitrogens is 2. The summed E-state index contributed by atoms with van der Waals surface area (Å²) >= 11 is 11.9. The van der Waals surface area contributed by atoms with Crippen molar-refractivity contribution in [3.8, 4) is 0 Å². The third-order valence-corrected chi connectivity index (χ3v) is 4.24. The van der Waals surface area contributed by atoms with Gasteiger partial charge in [-0.05, 0) is 30.7 Å². The second kappa shape index (κ2) is 7.07. The molecule has 0 aliphatic carbocycles. The molecule has 1 N–H and O–H groups in total. The summed E-state index contributed by atoms with van der Waals surface area (Å²) in [7, 11) is 0. The molecule has 122 valence electrons. The highest BCUT2D eigenvalue weighted by atomic mass is 35.5. The SMILES string of the molecule is Cc1cc(NC(=O)c2ccc(Cl)c(Cl)c2)n(Cc2ccccc2)n1. The Bertz CT molecular complexity index is 875. The molecule has 0 aliphatic rings. The van der Waals surface area contributed by atoms with E-state index in [0.717, 1.165) is 11.3 Å². The van der Waals surface area contributed by atoms with Gasteiger partial charge >= 0.3 is 0 Å². The van der Waals surface area contributed by atoms with Crippen molar-refractivity contribution in [3.05, 3.63) is 81.5 Å². The van der Waals surface area contributed by atoms with Gasteiger partial charge in [0.15, 0.2) is 0 Å². The van der Waals surface area contributed by atoms with Crippen molar-refractivity contribution in [1.82, 2.24) is 9.78 Å². The number of nitrogens with zero attached hydrogens (tertiary/aromatic N) is 2. The number of carbonyl (C=O) groups excluding carboxylic acids is 1. The predicted octanol–water partition coefficient (Wildman–Crippen LogP) is 4.80. The number of carbonyl (C=O) groups is 1. The Morgan fingerprint density at radius 1 is 1.08 bits per heavy atom. The first-order valence-electron chi connectivity index (χ1n) is 7.38. The van der Waals surface area contributed by atoms with Crippen LogP contribution < -0.4 is 5.32 Å². The van der Waals surface area contributed by atoms with E-state index in [1.54, 1.807) is 22.9 Å². The summed E-state index contributed by atoms with van der Waals surface area (Å²) in [5.74, 6) is 0.371. The Labute approximate surface area is 150 Å². The lowest BCUT2D eigenvalue weighted by Gasteiger charge is -2.09. The van der Waals surface area contributed by atoms with Crippen molar-refractivity contribution in [1.29, 1.82) is 0 Å². The van der Waals surface area contributed by atoms with Crippen molar-refractivity contribution < 1.29 is 4.79 Å². The monoisotopic (exact) mass is 359 g/mol. The van der Waals surface area contributed by atoms with E-state index in [9.17, 15) is 4.79 Å². The third-order valence-electron chi connectivity index (χ3n) is 3.50. The number of halogens is 2. The van der Waals surface area contributed by atoms with E-state index in [1.165, 1.54) is 0 Å². The number of benzene rings is 2. The van der Waals surface area contributed by atoms with Crippen molar-refractivity contribution in [2.45, 2.75) is 13.5 Å². The van der Waals surface area contributed by atoms with Crippen LogP contribution in [0.5, 0.6) is 0 Å². The predicted molar refractivity (Wildman–Crippen MR) is 96.9 cm³/mol. The van der Waals surface area contributed by atoms with Crippen LogP contribution in [0.3, 0.4) is 0 Å². The van der Waals surface area contributed by atoms with Crippen LogP contribution in [-0.2, 0) is 6.54 Å². The average Bonchev–Trinajstić information content (AvgIpc) is 2.90. The first kappa shape index (κ1) is 16.6. The largest absolute Gasteiger partial charge is 0.307 e. The van der Waals surface area contributed by atoms with Gasteiger partial charge in [-0.25, -0.2) is 4.68 Å². The van der Waals surface area contributed by atoms with Crippen LogP contribution in [0.2, 0.25) is 10.0 Å². The van der Waals surface area contributed by atoms with Gasteiger partial charge in [0.2, 0.25) is 0 Å². The maximum absolute atomic E-state index is 12.4. The van der Waals surface area contributed by atoms with Crippen LogP contribution in [0.4, 0.5) is 5.82 Å². The summed E-state index contributed by atoms with van der Waals surface area (Å²) in [5.41, 5.74) is 2.37. The van der Waals surface area contributed by atoms with E-state index in [0.29, 0.717) is 28.0 Å². The zero-order chi connectivity index (χ0) is 17.1. The first-order chi connectivity index (χ1) is 11.5. The molecule has 2 aromatic carbocycles. The minimum absolute atomic E-state index is 0.261. The summed E-state index contributed by atoms with van der Waals surface area (Å²) in [6, 6.07) is 16.6. The van der Waals surface area contributed by atoms with E-state index in [2.05, 4.69) is 10.4 Å². The fourth-order valence-electron chi connectivity index (χ4n) is 2.35. The van der Waals surface area contributed by atoms with Crippen molar-refractivity contribution in [2.24, 2.45) is 0 Å². The van der Waals surface area contributed by atoms with Gasteiger partial charge in [0.1, 0.15) is 5.82 Å². The Morgan fingerprint density at radius 2 is 1.83 bits per heavy atom. The smallest absolute Gasteiger partial charge is 0.256 e. The molecule has 6 heteroatoms. The molecule has 0 aliphatic heterocycles. The van der Waals surface area contributed by atoms with Crippen molar-refractivity contribution in [3.63, 3.8) is 0 Å². The quantitative estimate of drug-likeness (QED) is 0.727. The maximum Gasteiger partial charge on any atom is 0.256 e. The van der Waals surface area contributed by atoms with Gasteiger partial charge in [-0.3, -0.25) is 4.79 Å². The fourth-order valence-corrected chi connectivity index (χ4v) is 2.65. The normalized spacial score (nSPS) is 10.6. The van der Waals surface area contributed by atoms with Gasteiger partial charge in [0, 0.05) is 11.6 Å². The number of aryl methyl sites for hydroxylation is 1. The fraction of sp³-hybridized carbons (Fsp3) is 0.111. The van der Waals surface area contributed by atoms with Gasteiger partial charge in [-0.2, -0.15) is 5.10 Å². The molecule has 0 saturated carbocycles. The number of nitrogens with one attached hydrogen (secondary N) is 1. The molecule has 0 spiro atoms. The highest BCUT2D eigenvalue weighted by Crippen LogP contribution is 2.23. The number of hydrogen-bond donors (Lipinski definition) is 1. The van der Waals surface area contributed by atoms with Gasteiger partial charge < -0.3 is 5.32 Å². The number of anilines is 1. The number of rotatable bonds is 4. The standard InChI is InChI=1S/C18H15Cl2N3O/c1-12-9-17(23(22-12)11-13-5-3-2-4-6-13)21-18(24)14-7-8-15(19)16(20)10-14/h2-10H,11H2,1H3,(H,21,24). The molecular formula is C18H15Cl2N3O. The highest BCUT2D eigenvalue weighted by molar-refractivity contribution is 6.42. The van der Waals surface area contributed by atoms with E-state index in [1.807, 2.05) is 43.3 Å². The van der Waals surface area contributed by atoms with E-state index in [4.69, 9.17) is 23.2 Å². The van der Waals surface area contributed by atoms with Crippen LogP contribution in [0.15, 0.2) is 54.6 Å². The lowest BCUT2D eigenvalue weighted by molar-refractivity contribution is 0.102. The van der Waals surface area contributed by atoms with Crippen molar-refractivity contribution >= 4 is 34.9 Å². The maximum atomic E-state index is 12.4. The minimum atomic E-state index is -0.261. The Hall–Kier alpha value is -2.30. The molecule has 0 saturated heterocycles. The number of hydrogen-bond acceptors (Lipinski definition) is 2. The topological polar surface area (TPSA) is 46.9 Å². The summed E-state index contributed by atoms with van der Waals surface area (Å²) in [6.07, 6.45) is 0. The Morgan fingerprint density at radius 3 is 2.54 bits per heavy atom. The summed E-state index contributed by atoms with van der Waals surface area (Å²) in [4.78, 5) is 12.4. The second-order valence-corrected chi connectivity index (χ2v) is 6.21. The van der Waals surface area contributed by atoms with Crippen LogP contribution in [0, 0.1) is 6.92 Å². The molecule has 3 aromatic rings. The highest BCUT2D eigenvalue weighted by Gasteiger charge is 2.12. The summed E-state index contributed by atoms with van der Waals surface area (Å²) < 4.78 is 1.76. The van der Waals surface area contributed by atoms with Crippen LogP contribution in [0.25, 0.3) is 0 Å². The van der Waals surface area contributed by atoms with Crippen LogP contribution in [0.1, 0.15) is 21.6 Å². The van der Waals surface area contributed by atoms with E-state index >= 15 is 0 Å². The lowest BCUT2D eigenvalue weighted by Crippen LogP contribution is -2.16. The van der Waals surface area contributed by atoms with E-state index < -0.39 is 0 Å². The van der Waals surface area contributed by atoms with Gasteiger partial charge in [-0.1, -0.05) is 53.5 Å².